The van der Waals surface area contributed by atoms with E-state index in [0.29, 0.717) is 36.4 Å². The number of carbonyl (C=O) groups excluding carboxylic acids is 2. The van der Waals surface area contributed by atoms with E-state index < -0.39 is 11.8 Å². The Morgan fingerprint density at radius 3 is 2.60 bits per heavy atom. The van der Waals surface area contributed by atoms with Gasteiger partial charge in [0, 0.05) is 38.4 Å². The van der Waals surface area contributed by atoms with Gasteiger partial charge >= 0.3 is 11.8 Å². The molecule has 2 aromatic rings. The van der Waals surface area contributed by atoms with Gasteiger partial charge in [0.1, 0.15) is 11.6 Å². The third kappa shape index (κ3) is 5.56. The molecule has 0 spiro atoms. The quantitative estimate of drug-likeness (QED) is 0.649. The van der Waals surface area contributed by atoms with Crippen LogP contribution in [0.3, 0.4) is 0 Å². The lowest BCUT2D eigenvalue weighted by Crippen LogP contribution is -2.50. The molecule has 3 atom stereocenters. The molecule has 2 fully saturated rings. The molecule has 0 aromatic carbocycles. The van der Waals surface area contributed by atoms with Gasteiger partial charge in [0.05, 0.1) is 17.9 Å². The number of nitrogens with one attached hydrogen (secondary N) is 1. The third-order valence-electron chi connectivity index (χ3n) is 7.35. The molecule has 2 aliphatic rings. The number of nitrogens with zero attached hydrogens (tertiary/aromatic N) is 5. The first-order valence-corrected chi connectivity index (χ1v) is 12.5. The maximum Gasteiger partial charge on any atom is 0.313 e. The molecular weight excluding hydrogens is 442 g/mol. The minimum absolute atomic E-state index is 0.173. The molecule has 2 saturated heterocycles. The molecule has 0 aliphatic carbocycles. The molecular formula is C26H37N7O2. The maximum atomic E-state index is 13.3. The lowest BCUT2D eigenvalue weighted by Gasteiger charge is -2.39. The van der Waals surface area contributed by atoms with Gasteiger partial charge in [0.2, 0.25) is 0 Å². The van der Waals surface area contributed by atoms with E-state index in [-0.39, 0.29) is 6.04 Å². The summed E-state index contributed by atoms with van der Waals surface area (Å²) in [5, 5.41) is 2.71. The van der Waals surface area contributed by atoms with Crippen LogP contribution in [0.1, 0.15) is 50.8 Å². The minimum Gasteiger partial charge on any atom is -0.383 e. The zero-order valence-corrected chi connectivity index (χ0v) is 21.2. The average molecular weight is 480 g/mol. The first kappa shape index (κ1) is 24.9. The highest BCUT2D eigenvalue weighted by molar-refractivity contribution is 6.39. The fraction of sp³-hybridized carbons (Fsp3) is 0.538. The summed E-state index contributed by atoms with van der Waals surface area (Å²) in [4.78, 5) is 41.4. The van der Waals surface area contributed by atoms with Crippen LogP contribution in [0, 0.1) is 5.92 Å². The second-order valence-corrected chi connectivity index (χ2v) is 9.96. The standard InChI is InChI=1S/C26H37N7O2/c1-5-19-12-21(14-29-24(19)27)30-25(34)26(35)33-15-17(2)6-8-22(33)20-7-9-23(28-13-20)32-11-10-31(4)18(3)16-32/h7,9,12-14,17-18,22H,5-6,8,10-11,15-16H2,1-4H3,(H2,27,29)(H,30,34)/t17-,18?,22+/m0/s1. The molecule has 9 nitrogen and oxygen atoms in total. The molecule has 2 amide bonds. The van der Waals surface area contributed by atoms with E-state index in [2.05, 4.69) is 47.1 Å². The van der Waals surface area contributed by atoms with Crippen LogP contribution in [0.25, 0.3) is 0 Å². The summed E-state index contributed by atoms with van der Waals surface area (Å²) in [6, 6.07) is 6.17. The number of nitrogens with two attached hydrogens (primary N) is 1. The predicted molar refractivity (Wildman–Crippen MR) is 138 cm³/mol. The van der Waals surface area contributed by atoms with Gasteiger partial charge in [0.25, 0.3) is 0 Å². The summed E-state index contributed by atoms with van der Waals surface area (Å²) in [6.07, 6.45) is 5.84. The Hall–Kier alpha value is -3.20. The van der Waals surface area contributed by atoms with Crippen LogP contribution in [-0.4, -0.2) is 70.9 Å². The highest BCUT2D eigenvalue weighted by Crippen LogP contribution is 2.34. The number of rotatable bonds is 4. The van der Waals surface area contributed by atoms with Gasteiger partial charge in [-0.2, -0.15) is 0 Å². The molecule has 188 valence electrons. The van der Waals surface area contributed by atoms with Crippen molar-refractivity contribution < 1.29 is 9.59 Å². The summed E-state index contributed by atoms with van der Waals surface area (Å²) in [5.41, 5.74) is 8.14. The Morgan fingerprint density at radius 1 is 1.11 bits per heavy atom. The Bertz CT molecular complexity index is 1060. The van der Waals surface area contributed by atoms with Crippen molar-refractivity contribution in [2.45, 2.75) is 52.1 Å². The van der Waals surface area contributed by atoms with Gasteiger partial charge in [-0.1, -0.05) is 19.9 Å². The first-order valence-electron chi connectivity index (χ1n) is 12.5. The molecule has 0 saturated carbocycles. The fourth-order valence-corrected chi connectivity index (χ4v) is 4.95. The van der Waals surface area contributed by atoms with E-state index in [1.54, 1.807) is 11.0 Å². The van der Waals surface area contributed by atoms with Gasteiger partial charge in [-0.05, 0) is 62.4 Å². The van der Waals surface area contributed by atoms with Crippen molar-refractivity contribution in [3.8, 4) is 0 Å². The number of pyridine rings is 2. The monoisotopic (exact) mass is 479 g/mol. The second kappa shape index (κ2) is 10.6. The van der Waals surface area contributed by atoms with E-state index in [0.717, 1.165) is 49.4 Å². The first-order chi connectivity index (χ1) is 16.8. The molecule has 35 heavy (non-hydrogen) atoms. The molecule has 0 bridgehead atoms. The Kier molecular flexibility index (Phi) is 7.54. The number of aryl methyl sites for hydroxylation is 1. The fourth-order valence-electron chi connectivity index (χ4n) is 4.95. The van der Waals surface area contributed by atoms with Crippen molar-refractivity contribution in [1.29, 1.82) is 0 Å². The number of hydrogen-bond donors (Lipinski definition) is 2. The van der Waals surface area contributed by atoms with Crippen LogP contribution < -0.4 is 16.0 Å². The molecule has 2 aromatic heterocycles. The van der Waals surface area contributed by atoms with E-state index >= 15 is 0 Å². The smallest absolute Gasteiger partial charge is 0.313 e. The second-order valence-electron chi connectivity index (χ2n) is 9.96. The van der Waals surface area contributed by atoms with Crippen LogP contribution >= 0.6 is 0 Å². The molecule has 4 rings (SSSR count). The topological polar surface area (TPSA) is 108 Å². The number of piperazine rings is 1. The number of piperidine rings is 1. The maximum absolute atomic E-state index is 13.3. The predicted octanol–water partition coefficient (Wildman–Crippen LogP) is 2.70. The summed E-state index contributed by atoms with van der Waals surface area (Å²) in [6.45, 7) is 9.73. The number of nitrogen functional groups attached to an aromatic ring is 1. The van der Waals surface area contributed by atoms with Crippen molar-refractivity contribution in [3.63, 3.8) is 0 Å². The zero-order valence-electron chi connectivity index (χ0n) is 21.2. The van der Waals surface area contributed by atoms with Gasteiger partial charge in [0.15, 0.2) is 0 Å². The third-order valence-corrected chi connectivity index (χ3v) is 7.35. The van der Waals surface area contributed by atoms with Crippen LogP contribution in [0.4, 0.5) is 17.3 Å². The molecule has 9 heteroatoms. The summed E-state index contributed by atoms with van der Waals surface area (Å²) in [7, 11) is 2.15. The van der Waals surface area contributed by atoms with Gasteiger partial charge in [-0.25, -0.2) is 9.97 Å². The Morgan fingerprint density at radius 2 is 1.91 bits per heavy atom. The molecule has 0 radical (unpaired) electrons. The number of carbonyl (C=O) groups is 2. The molecule has 2 aliphatic heterocycles. The van der Waals surface area contributed by atoms with E-state index in [4.69, 9.17) is 10.7 Å². The number of likely N-dealkylation sites (tertiary alicyclic amines) is 1. The minimum atomic E-state index is -0.659. The summed E-state index contributed by atoms with van der Waals surface area (Å²) < 4.78 is 0. The number of amides is 2. The van der Waals surface area contributed by atoms with Crippen molar-refractivity contribution in [3.05, 3.63) is 41.7 Å². The van der Waals surface area contributed by atoms with Gasteiger partial charge < -0.3 is 25.8 Å². The Balaban J connectivity index is 1.48. The van der Waals surface area contributed by atoms with E-state index in [1.807, 2.05) is 19.2 Å². The van der Waals surface area contributed by atoms with Gasteiger partial charge in [-0.3, -0.25) is 9.59 Å². The normalized spacial score (nSPS) is 23.3. The van der Waals surface area contributed by atoms with Gasteiger partial charge in [-0.15, -0.1) is 0 Å². The highest BCUT2D eigenvalue weighted by Gasteiger charge is 2.34. The van der Waals surface area contributed by atoms with Crippen LogP contribution in [0.2, 0.25) is 0 Å². The van der Waals surface area contributed by atoms with Crippen molar-refractivity contribution >= 4 is 29.1 Å². The number of likely N-dealkylation sites (N-methyl/N-ethyl adjacent to an activating group) is 1. The van der Waals surface area contributed by atoms with E-state index in [1.165, 1.54) is 6.20 Å². The molecule has 4 heterocycles. The van der Waals surface area contributed by atoms with E-state index in [9.17, 15) is 9.59 Å². The zero-order chi connectivity index (χ0) is 25.1. The lowest BCUT2D eigenvalue weighted by atomic mass is 9.90. The van der Waals surface area contributed by atoms with Crippen LogP contribution in [-0.2, 0) is 16.0 Å². The average Bonchev–Trinajstić information content (AvgIpc) is 2.86. The number of aromatic nitrogens is 2. The van der Waals surface area contributed by atoms with Crippen LogP contribution in [0.5, 0.6) is 0 Å². The van der Waals surface area contributed by atoms with Crippen LogP contribution in [0.15, 0.2) is 30.6 Å². The lowest BCUT2D eigenvalue weighted by molar-refractivity contribution is -0.146. The van der Waals surface area contributed by atoms with Crippen molar-refractivity contribution in [2.75, 3.05) is 49.2 Å². The highest BCUT2D eigenvalue weighted by atomic mass is 16.2. The molecule has 1 unspecified atom stereocenters. The summed E-state index contributed by atoms with van der Waals surface area (Å²) in [5.74, 6) is 0.522. The van der Waals surface area contributed by atoms with Crippen molar-refractivity contribution in [2.24, 2.45) is 5.92 Å². The van der Waals surface area contributed by atoms with Crippen molar-refractivity contribution in [1.82, 2.24) is 19.8 Å². The number of hydrogen-bond acceptors (Lipinski definition) is 7. The Labute approximate surface area is 207 Å². The number of anilines is 3. The molecule has 3 N–H and O–H groups in total. The summed E-state index contributed by atoms with van der Waals surface area (Å²) >= 11 is 0. The largest absolute Gasteiger partial charge is 0.383 e. The SMILES string of the molecule is CCc1cc(NC(=O)C(=O)N2C[C@@H](C)CC[C@@H]2c2ccc(N3CCN(C)C(C)C3)nc2)cnc1N.